The molecule has 0 amide bonds. The second-order valence-electron chi connectivity index (χ2n) is 4.52. The molecule has 0 spiro atoms. The number of Topliss-reactive ketones (excluding diaryl/α,β-unsaturated/α-hetero) is 1. The van der Waals surface area contributed by atoms with Crippen LogP contribution in [0.5, 0.6) is 0 Å². The van der Waals surface area contributed by atoms with Crippen molar-refractivity contribution in [3.05, 3.63) is 18.2 Å². The highest BCUT2D eigenvalue weighted by atomic mass is 16.1. The lowest BCUT2D eigenvalue weighted by Crippen LogP contribution is -2.37. The van der Waals surface area contributed by atoms with Gasteiger partial charge in [-0.25, -0.2) is 4.98 Å². The maximum Gasteiger partial charge on any atom is 0.136 e. The minimum atomic E-state index is 0.329. The number of nitrogens with one attached hydrogen (secondary N) is 1. The summed E-state index contributed by atoms with van der Waals surface area (Å²) in [5.74, 6) is 2.98. The number of aromatic nitrogens is 2. The van der Waals surface area contributed by atoms with Crippen LogP contribution >= 0.6 is 0 Å². The van der Waals surface area contributed by atoms with Gasteiger partial charge < -0.3 is 4.98 Å². The Hall–Kier alpha value is -1.12. The van der Waals surface area contributed by atoms with E-state index in [-0.39, 0.29) is 0 Å². The Bertz CT molecular complexity index is 344. The first-order valence-corrected chi connectivity index (χ1v) is 5.36. The molecule has 0 radical (unpaired) electrons. The molecular weight excluding hydrogens is 176 g/mol. The van der Waals surface area contributed by atoms with Crippen molar-refractivity contribution in [3.8, 4) is 0 Å². The fraction of sp³-hybridized carbons (Fsp3) is 0.636. The van der Waals surface area contributed by atoms with Crippen LogP contribution in [0.25, 0.3) is 0 Å². The average Bonchev–Trinajstić information content (AvgIpc) is 2.71. The molecule has 1 aromatic heterocycles. The summed E-state index contributed by atoms with van der Waals surface area (Å²) in [5, 5.41) is 0. The molecule has 0 saturated heterocycles. The predicted octanol–water partition coefficient (Wildman–Crippen LogP) is 1.88. The lowest BCUT2D eigenvalue weighted by molar-refractivity contribution is -0.129. The maximum atomic E-state index is 11.5. The molecule has 1 N–H and O–H groups in total. The van der Waals surface area contributed by atoms with Gasteiger partial charge in [0.1, 0.15) is 11.6 Å². The Balaban J connectivity index is 1.88. The molecule has 3 aliphatic carbocycles. The van der Waals surface area contributed by atoms with Crippen LogP contribution in [0.15, 0.2) is 12.4 Å². The third kappa shape index (κ3) is 1.11. The van der Waals surface area contributed by atoms with Gasteiger partial charge in [0.05, 0.1) is 0 Å². The van der Waals surface area contributed by atoms with Crippen LogP contribution in [0.1, 0.15) is 37.4 Å². The number of aromatic amines is 1. The van der Waals surface area contributed by atoms with E-state index < -0.39 is 0 Å². The van der Waals surface area contributed by atoms with Crippen molar-refractivity contribution in [2.24, 2.45) is 11.8 Å². The van der Waals surface area contributed by atoms with Crippen LogP contribution in [0, 0.1) is 11.8 Å². The predicted molar refractivity (Wildman–Crippen MR) is 51.8 cm³/mol. The van der Waals surface area contributed by atoms with E-state index in [9.17, 15) is 4.79 Å². The summed E-state index contributed by atoms with van der Waals surface area (Å²) in [7, 11) is 0. The lowest BCUT2D eigenvalue weighted by Gasteiger charge is -2.40. The van der Waals surface area contributed by atoms with Crippen molar-refractivity contribution in [2.75, 3.05) is 0 Å². The Kier molecular flexibility index (Phi) is 1.72. The lowest BCUT2D eigenvalue weighted by atomic mass is 9.64. The second-order valence-corrected chi connectivity index (χ2v) is 4.52. The standard InChI is InChI=1S/C11H14N2O/c14-10-6-7-1-2-8(10)5-9(7)11-12-3-4-13-11/h3-4,7-9H,1-2,5-6H2,(H,12,13)/t7-,8+,9+/m1/s1. The first-order chi connectivity index (χ1) is 6.84. The van der Waals surface area contributed by atoms with Gasteiger partial charge in [-0.3, -0.25) is 4.79 Å². The highest BCUT2D eigenvalue weighted by Crippen LogP contribution is 2.46. The Morgan fingerprint density at radius 2 is 2.36 bits per heavy atom. The maximum absolute atomic E-state index is 11.5. The number of nitrogens with zero attached hydrogens (tertiary/aromatic N) is 1. The zero-order valence-electron chi connectivity index (χ0n) is 8.07. The smallest absolute Gasteiger partial charge is 0.136 e. The van der Waals surface area contributed by atoms with Crippen LogP contribution in [0.4, 0.5) is 0 Å². The number of H-pyrrole nitrogens is 1. The van der Waals surface area contributed by atoms with E-state index in [4.69, 9.17) is 0 Å². The Labute approximate surface area is 82.9 Å². The van der Waals surface area contributed by atoms with Gasteiger partial charge in [0, 0.05) is 30.7 Å². The van der Waals surface area contributed by atoms with Gasteiger partial charge in [0.25, 0.3) is 0 Å². The minimum Gasteiger partial charge on any atom is -0.348 e. The molecule has 0 aliphatic heterocycles. The molecule has 3 saturated carbocycles. The van der Waals surface area contributed by atoms with Gasteiger partial charge >= 0.3 is 0 Å². The van der Waals surface area contributed by atoms with E-state index in [0.717, 1.165) is 25.1 Å². The van der Waals surface area contributed by atoms with Crippen LogP contribution in [0.3, 0.4) is 0 Å². The van der Waals surface area contributed by atoms with E-state index in [0.29, 0.717) is 23.5 Å². The molecule has 3 fully saturated rings. The minimum absolute atomic E-state index is 0.329. The monoisotopic (exact) mass is 190 g/mol. The molecule has 4 rings (SSSR count). The van der Waals surface area contributed by atoms with E-state index >= 15 is 0 Å². The highest BCUT2D eigenvalue weighted by molar-refractivity contribution is 5.83. The summed E-state index contributed by atoms with van der Waals surface area (Å²) in [6.45, 7) is 0. The SMILES string of the molecule is O=C1C[C@H]2CC[C@H]1C[C@@H]2c1ncc[nH]1. The topological polar surface area (TPSA) is 45.8 Å². The quantitative estimate of drug-likeness (QED) is 0.735. The van der Waals surface area contributed by atoms with Crippen LogP contribution in [-0.2, 0) is 4.79 Å². The summed E-state index contributed by atoms with van der Waals surface area (Å²) in [6.07, 6.45) is 7.81. The van der Waals surface area contributed by atoms with Crippen molar-refractivity contribution >= 4 is 5.78 Å². The third-order valence-electron chi connectivity index (χ3n) is 3.78. The number of rotatable bonds is 1. The van der Waals surface area contributed by atoms with Gasteiger partial charge in [-0.15, -0.1) is 0 Å². The molecular formula is C11H14N2O. The number of ketones is 1. The second kappa shape index (κ2) is 2.94. The molecule has 3 nitrogen and oxygen atoms in total. The Morgan fingerprint density at radius 1 is 1.43 bits per heavy atom. The number of carbonyl (C=O) groups excluding carboxylic acids is 1. The largest absolute Gasteiger partial charge is 0.348 e. The van der Waals surface area contributed by atoms with E-state index in [1.165, 1.54) is 6.42 Å². The van der Waals surface area contributed by atoms with Crippen molar-refractivity contribution in [1.29, 1.82) is 0 Å². The molecule has 0 aromatic carbocycles. The average molecular weight is 190 g/mol. The van der Waals surface area contributed by atoms with E-state index in [1.807, 2.05) is 6.20 Å². The number of carbonyl (C=O) groups is 1. The number of hydrogen-bond acceptors (Lipinski definition) is 2. The van der Waals surface area contributed by atoms with E-state index in [1.54, 1.807) is 6.20 Å². The fourth-order valence-electron chi connectivity index (χ4n) is 3.01. The van der Waals surface area contributed by atoms with Crippen molar-refractivity contribution in [2.45, 2.75) is 31.6 Å². The van der Waals surface area contributed by atoms with Crippen LogP contribution in [0.2, 0.25) is 0 Å². The van der Waals surface area contributed by atoms with Crippen molar-refractivity contribution < 1.29 is 4.79 Å². The molecule has 3 heteroatoms. The van der Waals surface area contributed by atoms with Gasteiger partial charge in [-0.2, -0.15) is 0 Å². The van der Waals surface area contributed by atoms with E-state index in [2.05, 4.69) is 9.97 Å². The van der Waals surface area contributed by atoms with Crippen LogP contribution < -0.4 is 0 Å². The molecule has 14 heavy (non-hydrogen) atoms. The van der Waals surface area contributed by atoms with Gasteiger partial charge in [-0.1, -0.05) is 0 Å². The molecule has 0 unspecified atom stereocenters. The first-order valence-electron chi connectivity index (χ1n) is 5.36. The summed E-state index contributed by atoms with van der Waals surface area (Å²) >= 11 is 0. The summed E-state index contributed by atoms with van der Waals surface area (Å²) in [5.41, 5.74) is 0. The van der Waals surface area contributed by atoms with Gasteiger partial charge in [0.2, 0.25) is 0 Å². The zero-order chi connectivity index (χ0) is 9.54. The summed E-state index contributed by atoms with van der Waals surface area (Å²) in [6, 6.07) is 0. The zero-order valence-corrected chi connectivity index (χ0v) is 8.07. The molecule has 74 valence electrons. The normalized spacial score (nSPS) is 36.3. The molecule has 2 bridgehead atoms. The molecule has 3 atom stereocenters. The van der Waals surface area contributed by atoms with Gasteiger partial charge in [-0.05, 0) is 25.2 Å². The fourth-order valence-corrected chi connectivity index (χ4v) is 3.01. The molecule has 1 aromatic rings. The highest BCUT2D eigenvalue weighted by Gasteiger charge is 2.42. The van der Waals surface area contributed by atoms with Crippen LogP contribution in [-0.4, -0.2) is 15.8 Å². The third-order valence-corrected chi connectivity index (χ3v) is 3.78. The Morgan fingerprint density at radius 3 is 2.93 bits per heavy atom. The first kappa shape index (κ1) is 8.21. The summed E-state index contributed by atoms with van der Waals surface area (Å²) < 4.78 is 0. The molecule has 1 heterocycles. The van der Waals surface area contributed by atoms with Crippen molar-refractivity contribution in [1.82, 2.24) is 9.97 Å². The molecule has 3 aliphatic rings. The number of imidazole rings is 1. The van der Waals surface area contributed by atoms with Gasteiger partial charge in [0.15, 0.2) is 0 Å². The number of fused-ring (bicyclic) bond motifs is 3. The summed E-state index contributed by atoms with van der Waals surface area (Å²) in [4.78, 5) is 19.0. The number of hydrogen-bond donors (Lipinski definition) is 1. The van der Waals surface area contributed by atoms with Crippen molar-refractivity contribution in [3.63, 3.8) is 0 Å².